The fraction of sp³-hybridized carbons (Fsp3) is 0.158. The van der Waals surface area contributed by atoms with Gasteiger partial charge in [0.1, 0.15) is 4.88 Å². The molecule has 2 heterocycles. The summed E-state index contributed by atoms with van der Waals surface area (Å²) in [6.45, 7) is 0. The molecule has 1 aliphatic rings. The highest BCUT2D eigenvalue weighted by molar-refractivity contribution is 7.13. The Labute approximate surface area is 148 Å². The summed E-state index contributed by atoms with van der Waals surface area (Å²) in [5, 5.41) is 0. The quantitative estimate of drug-likeness (QED) is 0.715. The highest BCUT2D eigenvalue weighted by Gasteiger charge is 2.21. The van der Waals surface area contributed by atoms with Crippen molar-refractivity contribution in [2.45, 2.75) is 6.42 Å². The molecule has 0 radical (unpaired) electrons. The summed E-state index contributed by atoms with van der Waals surface area (Å²) < 4.78 is 13.0. The van der Waals surface area contributed by atoms with Gasteiger partial charge in [-0.2, -0.15) is 0 Å². The number of benzene rings is 1. The first-order valence-corrected chi connectivity index (χ1v) is 8.70. The third-order valence-electron chi connectivity index (χ3n) is 4.18. The molecule has 0 atom stereocenters. The average Bonchev–Trinajstić information content (AvgIpc) is 3.28. The van der Waals surface area contributed by atoms with Crippen molar-refractivity contribution < 1.29 is 9.47 Å². The van der Waals surface area contributed by atoms with Gasteiger partial charge in [-0.15, -0.1) is 11.3 Å². The van der Waals surface area contributed by atoms with Crippen LogP contribution < -0.4 is 15.0 Å². The lowest BCUT2D eigenvalue weighted by molar-refractivity contribution is 0.375. The minimum absolute atomic E-state index is 0.0421. The van der Waals surface area contributed by atoms with E-state index in [0.29, 0.717) is 23.8 Å². The number of hydrogen-bond acceptors (Lipinski definition) is 5. The number of thiazole rings is 1. The molecule has 0 aliphatic heterocycles. The van der Waals surface area contributed by atoms with Crippen molar-refractivity contribution in [2.24, 2.45) is 7.05 Å². The van der Waals surface area contributed by atoms with Crippen LogP contribution in [0.3, 0.4) is 0 Å². The fourth-order valence-corrected chi connectivity index (χ4v) is 3.71. The van der Waals surface area contributed by atoms with Gasteiger partial charge in [0.25, 0.3) is 5.56 Å². The summed E-state index contributed by atoms with van der Waals surface area (Å²) >= 11 is 1.49. The normalized spacial score (nSPS) is 12.2. The van der Waals surface area contributed by atoms with Gasteiger partial charge in [0.05, 0.1) is 12.6 Å². The predicted octanol–water partition coefficient (Wildman–Crippen LogP) is 3.88. The van der Waals surface area contributed by atoms with Crippen LogP contribution in [-0.4, -0.2) is 16.7 Å². The average molecular weight is 352 g/mol. The second-order valence-electron chi connectivity index (χ2n) is 5.70. The summed E-state index contributed by atoms with van der Waals surface area (Å²) in [4.78, 5) is 17.6. The number of methoxy groups -OCH3 is 1. The van der Waals surface area contributed by atoms with Crippen molar-refractivity contribution in [3.8, 4) is 27.8 Å². The van der Waals surface area contributed by atoms with E-state index in [4.69, 9.17) is 9.47 Å². The topological polar surface area (TPSA) is 53.4 Å². The maximum atomic E-state index is 12.3. The molecule has 0 bridgehead atoms. The predicted molar refractivity (Wildman–Crippen MR) is 98.6 cm³/mol. The van der Waals surface area contributed by atoms with Crippen LogP contribution in [0, 0.1) is 0 Å². The lowest BCUT2D eigenvalue weighted by Gasteiger charge is -2.12. The maximum absolute atomic E-state index is 12.3. The third kappa shape index (κ3) is 2.64. The molecule has 1 aliphatic carbocycles. The van der Waals surface area contributed by atoms with Crippen LogP contribution in [0.25, 0.3) is 16.5 Å². The van der Waals surface area contributed by atoms with Crippen LogP contribution >= 0.6 is 11.3 Å². The minimum Gasteiger partial charge on any atom is -0.493 e. The number of ether oxygens (including phenoxy) is 2. The molecule has 0 amide bonds. The smallest absolute Gasteiger partial charge is 0.254 e. The van der Waals surface area contributed by atoms with Crippen LogP contribution in [0.1, 0.15) is 11.1 Å². The summed E-state index contributed by atoms with van der Waals surface area (Å²) in [5.41, 5.74) is 4.52. The molecule has 25 heavy (non-hydrogen) atoms. The molecular weight excluding hydrogens is 336 g/mol. The Morgan fingerprint density at radius 2 is 2.04 bits per heavy atom. The van der Waals surface area contributed by atoms with Gasteiger partial charge < -0.3 is 14.0 Å². The maximum Gasteiger partial charge on any atom is 0.254 e. The summed E-state index contributed by atoms with van der Waals surface area (Å²) in [6, 6.07) is 7.45. The van der Waals surface area contributed by atoms with Gasteiger partial charge in [0.15, 0.2) is 11.5 Å². The van der Waals surface area contributed by atoms with Gasteiger partial charge in [-0.1, -0.05) is 24.3 Å². The largest absolute Gasteiger partial charge is 0.493 e. The molecular formula is C19H16N2O3S. The molecule has 0 saturated carbocycles. The van der Waals surface area contributed by atoms with Crippen molar-refractivity contribution in [2.75, 3.05) is 7.11 Å². The van der Waals surface area contributed by atoms with Gasteiger partial charge in [-0.05, 0) is 24.1 Å². The lowest BCUT2D eigenvalue weighted by atomic mass is 10.1. The zero-order chi connectivity index (χ0) is 17.4. The number of rotatable bonds is 4. The molecule has 5 nitrogen and oxygen atoms in total. The second-order valence-corrected chi connectivity index (χ2v) is 6.55. The Hall–Kier alpha value is -2.86. The molecule has 0 spiro atoms. The summed E-state index contributed by atoms with van der Waals surface area (Å²) in [7, 11) is 3.38. The van der Waals surface area contributed by atoms with E-state index in [9.17, 15) is 4.79 Å². The Morgan fingerprint density at radius 3 is 2.84 bits per heavy atom. The Balaban J connectivity index is 1.81. The Bertz CT molecular complexity index is 1030. The molecule has 0 unspecified atom stereocenters. The van der Waals surface area contributed by atoms with E-state index < -0.39 is 0 Å². The molecule has 0 fully saturated rings. The number of hydrogen-bond donors (Lipinski definition) is 0. The van der Waals surface area contributed by atoms with E-state index in [2.05, 4.69) is 4.98 Å². The molecule has 1 aromatic carbocycles. The van der Waals surface area contributed by atoms with Gasteiger partial charge >= 0.3 is 0 Å². The van der Waals surface area contributed by atoms with Gasteiger partial charge in [0.2, 0.25) is 5.88 Å². The van der Waals surface area contributed by atoms with E-state index in [-0.39, 0.29) is 5.56 Å². The van der Waals surface area contributed by atoms with Crippen molar-refractivity contribution in [3.63, 3.8) is 0 Å². The standard InChI is InChI=1S/C19H16N2O3S/c1-21-10-14(12-6-5-7-13(12)19(21)22)17-18(20-11-25-17)24-16-9-4-3-8-15(16)23-2/h3-6,8-11H,7H2,1-2H3. The molecule has 0 N–H and O–H groups in total. The van der Waals surface area contributed by atoms with Crippen LogP contribution in [0.4, 0.5) is 0 Å². The van der Waals surface area contributed by atoms with Crippen molar-refractivity contribution in [1.82, 2.24) is 9.55 Å². The SMILES string of the molecule is COc1ccccc1Oc1ncsc1-c1cn(C)c(=O)c2c1C=CC2. The first kappa shape index (κ1) is 15.7. The number of fused-ring (bicyclic) bond motifs is 1. The van der Waals surface area contributed by atoms with E-state index in [0.717, 1.165) is 21.6 Å². The number of aryl methyl sites for hydroxylation is 1. The number of para-hydroxylation sites is 2. The minimum atomic E-state index is 0.0421. The van der Waals surface area contributed by atoms with Gasteiger partial charge in [-0.3, -0.25) is 4.79 Å². The summed E-state index contributed by atoms with van der Waals surface area (Å²) in [6.07, 6.45) is 6.52. The van der Waals surface area contributed by atoms with Crippen molar-refractivity contribution in [1.29, 1.82) is 0 Å². The van der Waals surface area contributed by atoms with Gasteiger partial charge in [0, 0.05) is 24.4 Å². The van der Waals surface area contributed by atoms with Crippen molar-refractivity contribution in [3.05, 3.63) is 63.5 Å². The number of aromatic nitrogens is 2. The third-order valence-corrected chi connectivity index (χ3v) is 5.02. The molecule has 4 rings (SSSR count). The zero-order valence-corrected chi connectivity index (χ0v) is 14.7. The lowest BCUT2D eigenvalue weighted by Crippen LogP contribution is -2.21. The number of pyridine rings is 1. The van der Waals surface area contributed by atoms with E-state index >= 15 is 0 Å². The van der Waals surface area contributed by atoms with E-state index in [1.54, 1.807) is 24.2 Å². The van der Waals surface area contributed by atoms with Crippen LogP contribution in [0.15, 0.2) is 46.8 Å². The first-order chi connectivity index (χ1) is 12.2. The fourth-order valence-electron chi connectivity index (χ4n) is 2.97. The van der Waals surface area contributed by atoms with E-state index in [1.807, 2.05) is 42.6 Å². The van der Waals surface area contributed by atoms with Crippen molar-refractivity contribution >= 4 is 17.4 Å². The number of nitrogens with zero attached hydrogens (tertiary/aromatic N) is 2. The molecule has 126 valence electrons. The molecule has 3 aromatic rings. The molecule has 0 saturated heterocycles. The van der Waals surface area contributed by atoms with Crippen LogP contribution in [-0.2, 0) is 13.5 Å². The van der Waals surface area contributed by atoms with Crippen LogP contribution in [0.2, 0.25) is 0 Å². The Kier molecular flexibility index (Phi) is 3.89. The second kappa shape index (κ2) is 6.22. The summed E-state index contributed by atoms with van der Waals surface area (Å²) in [5.74, 6) is 1.76. The zero-order valence-electron chi connectivity index (χ0n) is 13.9. The molecule has 2 aromatic heterocycles. The van der Waals surface area contributed by atoms with Gasteiger partial charge in [-0.25, -0.2) is 4.98 Å². The molecule has 6 heteroatoms. The van der Waals surface area contributed by atoms with E-state index in [1.165, 1.54) is 11.3 Å². The number of allylic oxidation sites excluding steroid dienone is 1. The highest BCUT2D eigenvalue weighted by Crippen LogP contribution is 2.41. The van der Waals surface area contributed by atoms with Crippen LogP contribution in [0.5, 0.6) is 17.4 Å². The Morgan fingerprint density at radius 1 is 1.24 bits per heavy atom. The monoisotopic (exact) mass is 352 g/mol. The first-order valence-electron chi connectivity index (χ1n) is 7.83. The highest BCUT2D eigenvalue weighted by atomic mass is 32.1.